The highest BCUT2D eigenvalue weighted by Crippen LogP contribution is 2.34. The Morgan fingerprint density at radius 2 is 1.29 bits per heavy atom. The number of likely N-dealkylation sites (tertiary alicyclic amines) is 1. The molecule has 5 rings (SSSR count). The van der Waals surface area contributed by atoms with E-state index in [0.29, 0.717) is 23.0 Å². The molecular weight excluding hydrogens is 636 g/mol. The number of carboxylic acid groups (broad SMARTS) is 1. The number of nitrogens with one attached hydrogen (secondary N) is 2. The lowest BCUT2D eigenvalue weighted by Crippen LogP contribution is -2.47. The lowest BCUT2D eigenvalue weighted by molar-refractivity contribution is -0.132. The molecule has 0 spiro atoms. The fourth-order valence-electron chi connectivity index (χ4n) is 8.16. The van der Waals surface area contributed by atoms with E-state index in [9.17, 15) is 19.5 Å². The third-order valence-electron chi connectivity index (χ3n) is 10.6. The van der Waals surface area contributed by atoms with Crippen LogP contribution in [0.15, 0.2) is 65.9 Å². The number of carbonyl (C=O) groups excluding carboxylic acids is 2. The van der Waals surface area contributed by atoms with E-state index in [2.05, 4.69) is 78.5 Å². The Hall–Kier alpha value is -4.07. The van der Waals surface area contributed by atoms with E-state index in [1.54, 1.807) is 19.1 Å². The van der Waals surface area contributed by atoms with Gasteiger partial charge in [0.05, 0.1) is 17.6 Å². The summed E-state index contributed by atoms with van der Waals surface area (Å²) in [6, 6.07) is 12.6. The minimum absolute atomic E-state index is 0.160. The van der Waals surface area contributed by atoms with E-state index in [1.807, 2.05) is 6.07 Å². The molecule has 2 heterocycles. The van der Waals surface area contributed by atoms with Crippen LogP contribution < -0.4 is 15.5 Å². The molecule has 276 valence electrons. The minimum atomic E-state index is -1.16. The van der Waals surface area contributed by atoms with Gasteiger partial charge in [0.2, 0.25) is 11.8 Å². The number of nitrogens with zero attached hydrogens (tertiary/aromatic N) is 2. The Labute approximate surface area is 305 Å². The summed E-state index contributed by atoms with van der Waals surface area (Å²) >= 11 is 0. The molecule has 3 atom stereocenters. The maximum atomic E-state index is 14.7. The zero-order valence-corrected chi connectivity index (χ0v) is 31.5. The second-order valence-corrected chi connectivity index (χ2v) is 15.7. The molecule has 51 heavy (non-hydrogen) atoms. The first-order valence-corrected chi connectivity index (χ1v) is 19.5. The minimum Gasteiger partial charge on any atom is -0.478 e. The average Bonchev–Trinajstić information content (AvgIpc) is 3.11. The molecule has 3 unspecified atom stereocenters. The largest absolute Gasteiger partial charge is 0.478 e. The zero-order valence-electron chi connectivity index (χ0n) is 31.5. The number of hydrogen-bond donors (Lipinski definition) is 3. The maximum Gasteiger partial charge on any atom is 0.335 e. The van der Waals surface area contributed by atoms with Gasteiger partial charge in [-0.2, -0.15) is 0 Å². The van der Waals surface area contributed by atoms with Crippen LogP contribution in [-0.2, 0) is 9.59 Å². The van der Waals surface area contributed by atoms with Gasteiger partial charge in [-0.15, -0.1) is 0 Å². The number of benzene rings is 2. The summed E-state index contributed by atoms with van der Waals surface area (Å²) in [6.45, 7) is 14.4. The summed E-state index contributed by atoms with van der Waals surface area (Å²) in [5, 5.41) is 16.5. The first kappa shape index (κ1) is 38.2. The summed E-state index contributed by atoms with van der Waals surface area (Å²) < 4.78 is 0. The SMILES string of the molecule is Cc1cc(C(C(=O)NC(CC(C)C)C2=CCCC=C2N2CCCCC2)C(=O)NC(CC(C)C)c2ccccc2N2CCCCC2)ccc1C(=O)O. The molecule has 0 saturated carbocycles. The second kappa shape index (κ2) is 17.9. The van der Waals surface area contributed by atoms with Crippen molar-refractivity contribution in [2.45, 2.75) is 117 Å². The van der Waals surface area contributed by atoms with Crippen LogP contribution >= 0.6 is 0 Å². The van der Waals surface area contributed by atoms with Gasteiger partial charge in [-0.05, 0) is 117 Å². The van der Waals surface area contributed by atoms with Crippen LogP contribution in [0.2, 0.25) is 0 Å². The van der Waals surface area contributed by atoms with Gasteiger partial charge < -0.3 is 25.5 Å². The summed E-state index contributed by atoms with van der Waals surface area (Å²) in [7, 11) is 0. The van der Waals surface area contributed by atoms with E-state index >= 15 is 0 Å². The van der Waals surface area contributed by atoms with Crippen LogP contribution in [0.3, 0.4) is 0 Å². The molecule has 8 heteroatoms. The number of hydrogen-bond acceptors (Lipinski definition) is 5. The van der Waals surface area contributed by atoms with E-state index in [1.165, 1.54) is 24.6 Å². The predicted octanol–water partition coefficient (Wildman–Crippen LogP) is 8.29. The predicted molar refractivity (Wildman–Crippen MR) is 206 cm³/mol. The smallest absolute Gasteiger partial charge is 0.335 e. The fourth-order valence-corrected chi connectivity index (χ4v) is 8.16. The van der Waals surface area contributed by atoms with E-state index in [0.717, 1.165) is 94.4 Å². The van der Waals surface area contributed by atoms with Crippen molar-refractivity contribution in [2.75, 3.05) is 31.1 Å². The van der Waals surface area contributed by atoms with Crippen LogP contribution in [0, 0.1) is 18.8 Å². The quantitative estimate of drug-likeness (QED) is 0.172. The van der Waals surface area contributed by atoms with Gasteiger partial charge in [0.1, 0.15) is 5.92 Å². The lowest BCUT2D eigenvalue weighted by Gasteiger charge is -2.37. The molecule has 0 aromatic heterocycles. The van der Waals surface area contributed by atoms with Gasteiger partial charge in [0.15, 0.2) is 0 Å². The first-order valence-electron chi connectivity index (χ1n) is 19.5. The Bertz CT molecular complexity index is 1580. The van der Waals surface area contributed by atoms with Crippen molar-refractivity contribution < 1.29 is 19.5 Å². The van der Waals surface area contributed by atoms with Gasteiger partial charge in [-0.3, -0.25) is 9.59 Å². The van der Waals surface area contributed by atoms with Gasteiger partial charge in [0.25, 0.3) is 0 Å². The van der Waals surface area contributed by atoms with Crippen LogP contribution in [-0.4, -0.2) is 60.0 Å². The lowest BCUT2D eigenvalue weighted by atomic mass is 9.87. The van der Waals surface area contributed by atoms with Gasteiger partial charge in [-0.1, -0.05) is 70.2 Å². The molecule has 2 amide bonds. The number of carbonyl (C=O) groups is 3. The number of aryl methyl sites for hydroxylation is 1. The molecule has 2 saturated heterocycles. The van der Waals surface area contributed by atoms with Crippen molar-refractivity contribution in [1.29, 1.82) is 0 Å². The Morgan fingerprint density at radius 3 is 1.90 bits per heavy atom. The van der Waals surface area contributed by atoms with Crippen molar-refractivity contribution in [1.82, 2.24) is 15.5 Å². The van der Waals surface area contributed by atoms with Crippen LogP contribution in [0.1, 0.15) is 131 Å². The first-order chi connectivity index (χ1) is 24.5. The summed E-state index contributed by atoms with van der Waals surface area (Å²) in [5.74, 6) is -2.33. The summed E-state index contributed by atoms with van der Waals surface area (Å²) in [4.78, 5) is 46.3. The maximum absolute atomic E-state index is 14.7. The Balaban J connectivity index is 1.50. The van der Waals surface area contributed by atoms with Crippen molar-refractivity contribution in [3.63, 3.8) is 0 Å². The van der Waals surface area contributed by atoms with Gasteiger partial charge in [-0.25, -0.2) is 4.79 Å². The number of aromatic carboxylic acids is 1. The summed E-state index contributed by atoms with van der Waals surface area (Å²) in [5.41, 5.74) is 5.75. The molecule has 2 fully saturated rings. The number of allylic oxidation sites excluding steroid dienone is 2. The van der Waals surface area contributed by atoms with E-state index in [4.69, 9.17) is 0 Å². The molecule has 1 aliphatic carbocycles. The molecule has 8 nitrogen and oxygen atoms in total. The zero-order chi connectivity index (χ0) is 36.5. The van der Waals surface area contributed by atoms with E-state index in [-0.39, 0.29) is 29.5 Å². The molecule has 2 aromatic carbocycles. The number of rotatable bonds is 14. The van der Waals surface area contributed by atoms with Crippen molar-refractivity contribution >= 4 is 23.5 Å². The number of carboxylic acids is 1. The molecular formula is C43H60N4O4. The number of para-hydroxylation sites is 1. The molecule has 2 aromatic rings. The molecule has 3 aliphatic rings. The van der Waals surface area contributed by atoms with Crippen molar-refractivity contribution in [3.8, 4) is 0 Å². The second-order valence-electron chi connectivity index (χ2n) is 15.7. The van der Waals surface area contributed by atoms with Crippen molar-refractivity contribution in [2.24, 2.45) is 11.8 Å². The van der Waals surface area contributed by atoms with E-state index < -0.39 is 11.9 Å². The van der Waals surface area contributed by atoms with Crippen LogP contribution in [0.4, 0.5) is 5.69 Å². The molecule has 2 aliphatic heterocycles. The molecule has 3 N–H and O–H groups in total. The average molecular weight is 697 g/mol. The number of anilines is 1. The Morgan fingerprint density at radius 1 is 0.725 bits per heavy atom. The number of piperidine rings is 2. The third kappa shape index (κ3) is 9.84. The number of amides is 2. The highest BCUT2D eigenvalue weighted by Gasteiger charge is 2.35. The molecule has 0 radical (unpaired) electrons. The fraction of sp³-hybridized carbons (Fsp3) is 0.558. The van der Waals surface area contributed by atoms with Crippen LogP contribution in [0.5, 0.6) is 0 Å². The Kier molecular flexibility index (Phi) is 13.4. The monoisotopic (exact) mass is 696 g/mol. The molecule has 0 bridgehead atoms. The summed E-state index contributed by atoms with van der Waals surface area (Å²) in [6.07, 6.45) is 15.1. The topological polar surface area (TPSA) is 102 Å². The van der Waals surface area contributed by atoms with Gasteiger partial charge >= 0.3 is 5.97 Å². The standard InChI is InChI=1S/C43H60N4O4/c1-29(2)26-36(34-16-8-10-18-38(34)46-22-12-6-13-23-46)44-41(48)40(32-20-21-33(43(50)51)31(5)28-32)42(49)45-37(27-30(3)4)35-17-9-11-19-39(35)47-24-14-7-15-25-47/h8,10,16-21,28-30,36-37,40H,6-7,9,11-15,22-27H2,1-5H3,(H,44,48)(H,45,49)(H,50,51). The van der Waals surface area contributed by atoms with Crippen molar-refractivity contribution in [3.05, 3.63) is 88.1 Å². The third-order valence-corrected chi connectivity index (χ3v) is 10.6. The van der Waals surface area contributed by atoms with Crippen LogP contribution in [0.25, 0.3) is 0 Å². The highest BCUT2D eigenvalue weighted by atomic mass is 16.4. The van der Waals surface area contributed by atoms with Gasteiger partial charge in [0, 0.05) is 37.6 Å². The normalized spacial score (nSPS) is 18.5. The highest BCUT2D eigenvalue weighted by molar-refractivity contribution is 6.06.